The molecule has 0 atom stereocenters. The van der Waals surface area contributed by atoms with E-state index in [2.05, 4.69) is 15.2 Å². The van der Waals surface area contributed by atoms with Gasteiger partial charge in [-0.3, -0.25) is 4.40 Å². The number of halogens is 2. The van der Waals surface area contributed by atoms with Crippen LogP contribution < -0.4 is 0 Å². The van der Waals surface area contributed by atoms with Gasteiger partial charge >= 0.3 is 0 Å². The molecule has 2 aromatic heterocycles. The molecule has 0 aliphatic heterocycles. The molecule has 0 aliphatic rings. The number of nitrogens with zero attached hydrogens (tertiary/aromatic N) is 4. The summed E-state index contributed by atoms with van der Waals surface area (Å²) in [7, 11) is 0. The van der Waals surface area contributed by atoms with Crippen LogP contribution in [0.15, 0.2) is 83.2 Å². The summed E-state index contributed by atoms with van der Waals surface area (Å²) >= 11 is 0. The lowest BCUT2D eigenvalue weighted by Crippen LogP contribution is -1.82. The van der Waals surface area contributed by atoms with E-state index in [9.17, 15) is 8.78 Å². The summed E-state index contributed by atoms with van der Waals surface area (Å²) in [4.78, 5) is 4.56. The van der Waals surface area contributed by atoms with Crippen molar-refractivity contribution in [3.8, 4) is 11.3 Å². The Morgan fingerprint density at radius 3 is 2.44 bits per heavy atom. The Balaban J connectivity index is 1.86. The number of rotatable bonds is 3. The number of pyridine rings is 1. The molecule has 6 heteroatoms. The molecule has 122 valence electrons. The zero-order valence-corrected chi connectivity index (χ0v) is 13.0. The average Bonchev–Trinajstić information content (AvgIpc) is 2.99. The van der Waals surface area contributed by atoms with E-state index in [4.69, 9.17) is 0 Å². The second kappa shape index (κ2) is 6.24. The predicted molar refractivity (Wildman–Crippen MR) is 91.2 cm³/mol. The summed E-state index contributed by atoms with van der Waals surface area (Å²) in [5.74, 6) is -0.213. The highest BCUT2D eigenvalue weighted by Crippen LogP contribution is 2.32. The molecule has 0 unspecified atom stereocenters. The monoisotopic (exact) mass is 334 g/mol. The third-order valence-corrected chi connectivity index (χ3v) is 3.69. The first-order valence-corrected chi connectivity index (χ1v) is 7.61. The van der Waals surface area contributed by atoms with E-state index >= 15 is 0 Å². The molecule has 0 spiro atoms. The van der Waals surface area contributed by atoms with Crippen molar-refractivity contribution in [1.29, 1.82) is 0 Å². The molecule has 0 fully saturated rings. The number of aromatic nitrogens is 2. The fourth-order valence-corrected chi connectivity index (χ4v) is 2.52. The molecule has 4 aromatic rings. The molecule has 25 heavy (non-hydrogen) atoms. The quantitative estimate of drug-likeness (QED) is 0.443. The third-order valence-electron chi connectivity index (χ3n) is 3.69. The van der Waals surface area contributed by atoms with Crippen LogP contribution >= 0.6 is 0 Å². The Hall–Kier alpha value is -3.41. The summed E-state index contributed by atoms with van der Waals surface area (Å²) in [6.45, 7) is 0. The minimum absolute atomic E-state index is 0.324. The molecule has 0 N–H and O–H groups in total. The first-order valence-electron chi connectivity index (χ1n) is 7.61. The van der Waals surface area contributed by atoms with Crippen LogP contribution in [-0.4, -0.2) is 9.38 Å². The van der Waals surface area contributed by atoms with Gasteiger partial charge in [0.1, 0.15) is 23.0 Å². The van der Waals surface area contributed by atoms with Crippen LogP contribution in [0.1, 0.15) is 0 Å². The lowest BCUT2D eigenvalue weighted by Gasteiger charge is -2.00. The van der Waals surface area contributed by atoms with Crippen molar-refractivity contribution in [1.82, 2.24) is 9.38 Å². The summed E-state index contributed by atoms with van der Waals surface area (Å²) in [5.41, 5.74) is 2.38. The lowest BCUT2D eigenvalue weighted by atomic mass is 10.1. The van der Waals surface area contributed by atoms with Gasteiger partial charge in [-0.15, -0.1) is 10.2 Å². The molecular formula is C19H12F2N4. The van der Waals surface area contributed by atoms with E-state index in [1.165, 1.54) is 24.3 Å². The molecule has 4 rings (SSSR count). The molecule has 0 bridgehead atoms. The molecule has 2 heterocycles. The minimum atomic E-state index is -0.381. The Morgan fingerprint density at radius 1 is 0.800 bits per heavy atom. The highest BCUT2D eigenvalue weighted by Gasteiger charge is 2.13. The van der Waals surface area contributed by atoms with Gasteiger partial charge in [-0.1, -0.05) is 12.1 Å². The van der Waals surface area contributed by atoms with Crippen molar-refractivity contribution in [2.45, 2.75) is 0 Å². The van der Waals surface area contributed by atoms with Crippen molar-refractivity contribution in [3.63, 3.8) is 0 Å². The summed E-state index contributed by atoms with van der Waals surface area (Å²) in [5, 5.41) is 8.38. The van der Waals surface area contributed by atoms with Gasteiger partial charge in [-0.05, 0) is 48.5 Å². The fourth-order valence-electron chi connectivity index (χ4n) is 2.52. The summed E-state index contributed by atoms with van der Waals surface area (Å²) < 4.78 is 28.3. The average molecular weight is 334 g/mol. The number of hydrogen-bond donors (Lipinski definition) is 0. The van der Waals surface area contributed by atoms with Crippen molar-refractivity contribution in [3.05, 3.63) is 84.6 Å². The lowest BCUT2D eigenvalue weighted by molar-refractivity contribution is 0.627. The van der Waals surface area contributed by atoms with Gasteiger partial charge in [-0.2, -0.15) is 0 Å². The van der Waals surface area contributed by atoms with Gasteiger partial charge in [0.05, 0.1) is 5.69 Å². The maximum absolute atomic E-state index is 13.3. The van der Waals surface area contributed by atoms with Gasteiger partial charge in [0, 0.05) is 17.8 Å². The Morgan fingerprint density at radius 2 is 1.64 bits per heavy atom. The minimum Gasteiger partial charge on any atom is -0.283 e. The van der Waals surface area contributed by atoms with Crippen LogP contribution in [-0.2, 0) is 0 Å². The smallest absolute Gasteiger partial charge is 0.187 e. The first-order chi connectivity index (χ1) is 12.2. The van der Waals surface area contributed by atoms with Crippen molar-refractivity contribution < 1.29 is 8.78 Å². The number of hydrogen-bond acceptors (Lipinski definition) is 3. The van der Waals surface area contributed by atoms with Crippen molar-refractivity contribution >= 4 is 17.2 Å². The number of fused-ring (bicyclic) bond motifs is 1. The largest absolute Gasteiger partial charge is 0.283 e. The van der Waals surface area contributed by atoms with Crippen LogP contribution in [0.5, 0.6) is 0 Å². The molecule has 0 radical (unpaired) electrons. The van der Waals surface area contributed by atoms with Crippen LogP contribution in [0, 0.1) is 11.6 Å². The first kappa shape index (κ1) is 15.1. The van der Waals surface area contributed by atoms with E-state index in [0.29, 0.717) is 22.8 Å². The van der Waals surface area contributed by atoms with Crippen LogP contribution in [0.2, 0.25) is 0 Å². The van der Waals surface area contributed by atoms with E-state index < -0.39 is 0 Å². The van der Waals surface area contributed by atoms with Crippen LogP contribution in [0.4, 0.5) is 20.3 Å². The topological polar surface area (TPSA) is 42.0 Å². The number of benzene rings is 2. The normalized spacial score (nSPS) is 11.4. The maximum Gasteiger partial charge on any atom is 0.187 e. The van der Waals surface area contributed by atoms with Gasteiger partial charge in [-0.25, -0.2) is 13.8 Å². The van der Waals surface area contributed by atoms with Gasteiger partial charge in [0.15, 0.2) is 5.82 Å². The van der Waals surface area contributed by atoms with E-state index in [1.54, 1.807) is 28.7 Å². The maximum atomic E-state index is 13.3. The molecule has 4 nitrogen and oxygen atoms in total. The zero-order valence-electron chi connectivity index (χ0n) is 13.0. The Bertz CT molecular complexity index is 1070. The Labute approximate surface area is 142 Å². The predicted octanol–water partition coefficient (Wildman–Crippen LogP) is 5.69. The summed E-state index contributed by atoms with van der Waals surface area (Å²) in [6.07, 6.45) is 1.81. The zero-order chi connectivity index (χ0) is 17.2. The second-order valence-electron chi connectivity index (χ2n) is 5.40. The summed E-state index contributed by atoms with van der Waals surface area (Å²) in [6, 6.07) is 17.4. The SMILES string of the molecule is Fc1ccc(-c2nc3ccccn3c2N=Nc2cccc(F)c2)cc1. The van der Waals surface area contributed by atoms with Crippen molar-refractivity contribution in [2.75, 3.05) is 0 Å². The molecule has 2 aromatic carbocycles. The number of imidazole rings is 1. The standard InChI is InChI=1S/C19H12F2N4/c20-14-9-7-13(8-10-14)18-19(25-11-2-1-6-17(25)22-18)24-23-16-5-3-4-15(21)12-16/h1-12H. The number of azo groups is 1. The molecule has 0 saturated heterocycles. The molecule has 0 amide bonds. The Kier molecular flexibility index (Phi) is 3.78. The van der Waals surface area contributed by atoms with Gasteiger partial charge in [0.25, 0.3) is 0 Å². The highest BCUT2D eigenvalue weighted by molar-refractivity contribution is 5.74. The fraction of sp³-hybridized carbons (Fsp3) is 0. The molecular weight excluding hydrogens is 322 g/mol. The van der Waals surface area contributed by atoms with E-state index in [0.717, 1.165) is 5.56 Å². The highest BCUT2D eigenvalue weighted by atomic mass is 19.1. The van der Waals surface area contributed by atoms with Crippen LogP contribution in [0.3, 0.4) is 0 Å². The van der Waals surface area contributed by atoms with E-state index in [1.807, 2.05) is 24.4 Å². The second-order valence-corrected chi connectivity index (χ2v) is 5.40. The molecule has 0 saturated carbocycles. The van der Waals surface area contributed by atoms with Crippen LogP contribution in [0.25, 0.3) is 16.9 Å². The van der Waals surface area contributed by atoms with Gasteiger partial charge in [0.2, 0.25) is 0 Å². The van der Waals surface area contributed by atoms with Gasteiger partial charge < -0.3 is 0 Å². The third kappa shape index (κ3) is 3.01. The van der Waals surface area contributed by atoms with E-state index in [-0.39, 0.29) is 11.6 Å². The van der Waals surface area contributed by atoms with Crippen molar-refractivity contribution in [2.24, 2.45) is 10.2 Å². The molecule has 0 aliphatic carbocycles.